The van der Waals surface area contributed by atoms with Crippen LogP contribution in [0.25, 0.3) is 11.0 Å². The van der Waals surface area contributed by atoms with E-state index in [9.17, 15) is 22.8 Å². The lowest BCUT2D eigenvalue weighted by Crippen LogP contribution is -2.55. The van der Waals surface area contributed by atoms with Gasteiger partial charge in [0, 0.05) is 24.6 Å². The lowest BCUT2D eigenvalue weighted by molar-refractivity contribution is -0.159. The number of ether oxygens (including phenoxy) is 1. The summed E-state index contributed by atoms with van der Waals surface area (Å²) in [4.78, 5) is 32.2. The first-order chi connectivity index (χ1) is 16.7. The van der Waals surface area contributed by atoms with E-state index in [-0.39, 0.29) is 12.0 Å². The number of H-pyrrole nitrogens is 1. The molecule has 2 aromatic heterocycles. The van der Waals surface area contributed by atoms with E-state index in [1.54, 1.807) is 48.7 Å². The Kier molecular flexibility index (Phi) is 5.35. The van der Waals surface area contributed by atoms with Crippen molar-refractivity contribution in [1.29, 1.82) is 5.26 Å². The van der Waals surface area contributed by atoms with Crippen LogP contribution in [0.3, 0.4) is 0 Å². The Hall–Kier alpha value is -4.14. The van der Waals surface area contributed by atoms with Crippen LogP contribution in [0.4, 0.5) is 18.9 Å². The molecule has 2 amide bonds. The molecule has 12 heteroatoms. The van der Waals surface area contributed by atoms with Gasteiger partial charge >= 0.3 is 6.18 Å². The number of anilines is 1. The van der Waals surface area contributed by atoms with Crippen molar-refractivity contribution < 1.29 is 27.5 Å². The fraction of sp³-hybridized carbons (Fsp3) is 0.348. The number of hydrogen-bond acceptors (Lipinski definition) is 6. The van der Waals surface area contributed by atoms with E-state index in [4.69, 9.17) is 10.00 Å². The highest BCUT2D eigenvalue weighted by molar-refractivity contribution is 6.11. The number of fused-ring (bicyclic) bond motifs is 3. The number of nitrogens with zero attached hydrogens (tertiary/aromatic N) is 5. The summed E-state index contributed by atoms with van der Waals surface area (Å²) in [6.45, 7) is -2.87. The van der Waals surface area contributed by atoms with Gasteiger partial charge in [-0.25, -0.2) is 4.98 Å². The van der Waals surface area contributed by atoms with Crippen LogP contribution in [-0.2, 0) is 15.0 Å². The third-order valence-electron chi connectivity index (χ3n) is 6.35. The number of hydrogen-bond donors (Lipinski definition) is 1. The molecular formula is C23H19F3N6O3. The van der Waals surface area contributed by atoms with Gasteiger partial charge in [-0.2, -0.15) is 23.5 Å². The van der Waals surface area contributed by atoms with Gasteiger partial charge in [-0.05, 0) is 17.7 Å². The Morgan fingerprint density at radius 2 is 2.06 bits per heavy atom. The van der Waals surface area contributed by atoms with E-state index in [1.165, 1.54) is 4.90 Å². The van der Waals surface area contributed by atoms with Crippen LogP contribution in [-0.4, -0.2) is 63.8 Å². The average Bonchev–Trinajstić information content (AvgIpc) is 3.34. The Balaban J connectivity index is 1.33. The molecule has 1 aliphatic heterocycles. The van der Waals surface area contributed by atoms with Crippen LogP contribution in [0.1, 0.15) is 18.4 Å². The van der Waals surface area contributed by atoms with Crippen LogP contribution in [0.2, 0.25) is 0 Å². The van der Waals surface area contributed by atoms with Gasteiger partial charge in [0.25, 0.3) is 0 Å². The Morgan fingerprint density at radius 1 is 1.29 bits per heavy atom. The van der Waals surface area contributed by atoms with Crippen molar-refractivity contribution in [3.63, 3.8) is 0 Å². The maximum Gasteiger partial charge on any atom is 0.406 e. The zero-order valence-electron chi connectivity index (χ0n) is 18.2. The molecule has 1 saturated carbocycles. The standard InChI is InChI=1S/C23H19F3N6O3/c24-23(25,26)13-31(8-7-27)20(33)12-32-18-4-2-1-3-15(18)22(21(32)34)9-14(10-22)35-19-6-5-16-17(29-19)11-28-30-16/h1-6,11,14H,8-10,12-13H2,(H,28,30). The molecule has 0 unspecified atom stereocenters. The number of halogens is 3. The number of pyridine rings is 1. The summed E-state index contributed by atoms with van der Waals surface area (Å²) in [7, 11) is 0. The van der Waals surface area contributed by atoms with Gasteiger partial charge in [-0.15, -0.1) is 0 Å². The minimum Gasteiger partial charge on any atom is -0.474 e. The Labute approximate surface area is 197 Å². The largest absolute Gasteiger partial charge is 0.474 e. The summed E-state index contributed by atoms with van der Waals surface area (Å²) in [6.07, 6.45) is -2.72. The van der Waals surface area contributed by atoms with Crippen LogP contribution < -0.4 is 9.64 Å². The summed E-state index contributed by atoms with van der Waals surface area (Å²) in [5, 5.41) is 15.6. The highest BCUT2D eigenvalue weighted by Gasteiger charge is 2.59. The maximum atomic E-state index is 13.5. The molecule has 2 aliphatic rings. The molecule has 3 heterocycles. The molecule has 0 atom stereocenters. The summed E-state index contributed by atoms with van der Waals surface area (Å²) >= 11 is 0. The second-order valence-corrected chi connectivity index (χ2v) is 8.61. The van der Waals surface area contributed by atoms with Crippen molar-refractivity contribution in [3.8, 4) is 11.9 Å². The van der Waals surface area contributed by atoms with Gasteiger partial charge < -0.3 is 14.5 Å². The van der Waals surface area contributed by atoms with Crippen LogP contribution >= 0.6 is 0 Å². The molecule has 9 nitrogen and oxygen atoms in total. The minimum absolute atomic E-state index is 0.306. The molecule has 180 valence electrons. The molecule has 1 aromatic carbocycles. The number of carbonyl (C=O) groups is 2. The van der Waals surface area contributed by atoms with Crippen LogP contribution in [0.15, 0.2) is 42.6 Å². The third-order valence-corrected chi connectivity index (χ3v) is 6.35. The number of para-hydroxylation sites is 1. The number of benzene rings is 1. The fourth-order valence-corrected chi connectivity index (χ4v) is 4.77. The first-order valence-corrected chi connectivity index (χ1v) is 10.8. The van der Waals surface area contributed by atoms with Crippen molar-refractivity contribution in [2.75, 3.05) is 24.5 Å². The molecule has 1 N–H and O–H groups in total. The van der Waals surface area contributed by atoms with Crippen molar-refractivity contribution in [2.45, 2.75) is 30.5 Å². The second kappa shape index (κ2) is 8.26. The van der Waals surface area contributed by atoms with Gasteiger partial charge in [0.1, 0.15) is 31.3 Å². The quantitative estimate of drug-likeness (QED) is 0.538. The van der Waals surface area contributed by atoms with Gasteiger partial charge in [0.05, 0.1) is 23.2 Å². The van der Waals surface area contributed by atoms with Crippen LogP contribution in [0, 0.1) is 11.3 Å². The highest BCUT2D eigenvalue weighted by Crippen LogP contribution is 2.54. The SMILES string of the molecule is N#CCN(CC(F)(F)F)C(=O)CN1C(=O)C2(CC(Oc3ccc4[nH]ncc4n3)C2)c2ccccc21. The number of nitrogens with one attached hydrogen (secondary N) is 1. The van der Waals surface area contributed by atoms with Gasteiger partial charge in [-0.3, -0.25) is 14.7 Å². The molecule has 1 fully saturated rings. The average molecular weight is 484 g/mol. The maximum absolute atomic E-state index is 13.5. The van der Waals surface area contributed by atoms with E-state index in [1.807, 2.05) is 0 Å². The summed E-state index contributed by atoms with van der Waals surface area (Å²) in [5.41, 5.74) is 1.67. The van der Waals surface area contributed by atoms with Gasteiger partial charge in [-0.1, -0.05) is 18.2 Å². The first-order valence-electron chi connectivity index (χ1n) is 10.8. The molecule has 3 aromatic rings. The summed E-state index contributed by atoms with van der Waals surface area (Å²) in [6, 6.07) is 12.0. The summed E-state index contributed by atoms with van der Waals surface area (Å²) < 4.78 is 44.6. The first kappa shape index (κ1) is 22.6. The number of aromatic amines is 1. The smallest absolute Gasteiger partial charge is 0.406 e. The molecule has 5 rings (SSSR count). The van der Waals surface area contributed by atoms with Crippen molar-refractivity contribution in [3.05, 3.63) is 48.2 Å². The number of amides is 2. The zero-order valence-corrected chi connectivity index (χ0v) is 18.2. The predicted molar refractivity (Wildman–Crippen MR) is 116 cm³/mol. The lowest BCUT2D eigenvalue weighted by atomic mass is 9.63. The molecule has 0 bridgehead atoms. The fourth-order valence-electron chi connectivity index (χ4n) is 4.77. The number of aromatic nitrogens is 3. The number of alkyl halides is 3. The third kappa shape index (κ3) is 4.03. The van der Waals surface area contributed by atoms with E-state index in [2.05, 4.69) is 15.2 Å². The second-order valence-electron chi connectivity index (χ2n) is 8.61. The highest BCUT2D eigenvalue weighted by atomic mass is 19.4. The van der Waals surface area contributed by atoms with E-state index < -0.39 is 37.1 Å². The lowest BCUT2D eigenvalue weighted by Gasteiger charge is -2.43. The molecular weight excluding hydrogens is 465 g/mol. The summed E-state index contributed by atoms with van der Waals surface area (Å²) in [5.74, 6) is -0.924. The zero-order chi connectivity index (χ0) is 24.8. The van der Waals surface area contributed by atoms with E-state index in [0.29, 0.717) is 40.4 Å². The number of rotatable bonds is 6. The minimum atomic E-state index is -4.66. The topological polar surface area (TPSA) is 115 Å². The van der Waals surface area contributed by atoms with Crippen LogP contribution in [0.5, 0.6) is 5.88 Å². The molecule has 1 spiro atoms. The molecule has 0 saturated heterocycles. The van der Waals surface area contributed by atoms with E-state index in [0.717, 1.165) is 5.52 Å². The predicted octanol–water partition coefficient (Wildman–Crippen LogP) is 2.70. The molecule has 35 heavy (non-hydrogen) atoms. The molecule has 1 aliphatic carbocycles. The van der Waals surface area contributed by atoms with Gasteiger partial charge in [0.15, 0.2) is 0 Å². The van der Waals surface area contributed by atoms with Gasteiger partial charge in [0.2, 0.25) is 17.7 Å². The molecule has 0 radical (unpaired) electrons. The Morgan fingerprint density at radius 3 is 2.80 bits per heavy atom. The van der Waals surface area contributed by atoms with Crippen molar-refractivity contribution >= 4 is 28.5 Å². The van der Waals surface area contributed by atoms with Crippen molar-refractivity contribution in [1.82, 2.24) is 20.1 Å². The number of carbonyl (C=O) groups excluding carboxylic acids is 2. The van der Waals surface area contributed by atoms with Crippen molar-refractivity contribution in [2.24, 2.45) is 0 Å². The number of nitriles is 1. The van der Waals surface area contributed by atoms with E-state index >= 15 is 0 Å². The normalized spacial score (nSPS) is 21.0. The Bertz CT molecular complexity index is 1340. The monoisotopic (exact) mass is 484 g/mol.